The smallest absolute Gasteiger partial charge is 0.339 e. The zero-order valence-electron chi connectivity index (χ0n) is 7.17. The highest BCUT2D eigenvalue weighted by atomic mass is 127. The highest BCUT2D eigenvalue weighted by molar-refractivity contribution is 14.1. The normalized spacial score (nSPS) is 9.29. The number of carbonyl (C=O) groups is 1. The van der Waals surface area contributed by atoms with Gasteiger partial charge in [-0.3, -0.25) is 0 Å². The van der Waals surface area contributed by atoms with E-state index in [1.54, 1.807) is 6.07 Å². The molecule has 0 aliphatic rings. The molecule has 0 amide bonds. The molecule has 0 atom stereocenters. The predicted molar refractivity (Wildman–Crippen MR) is 60.2 cm³/mol. The second-order valence-electron chi connectivity index (χ2n) is 2.39. The number of hydrogen-bond acceptors (Lipinski definition) is 3. The third kappa shape index (κ3) is 1.99. The van der Waals surface area contributed by atoms with Gasteiger partial charge in [-0.25, -0.2) is 4.79 Å². The Balaban J connectivity index is 3.40. The summed E-state index contributed by atoms with van der Waals surface area (Å²) in [5.74, 6) is -0.556. The van der Waals surface area contributed by atoms with Crippen LogP contribution in [-0.4, -0.2) is 13.1 Å². The number of halogens is 2. The largest absolute Gasteiger partial charge is 0.465 e. The molecular formula is C9H5ClINO2. The Labute approximate surface area is 99.8 Å². The fraction of sp³-hybridized carbons (Fsp3) is 0.111. The molecule has 3 nitrogen and oxygen atoms in total. The number of methoxy groups -OCH3 is 1. The highest BCUT2D eigenvalue weighted by Gasteiger charge is 2.16. The van der Waals surface area contributed by atoms with Gasteiger partial charge in [0.25, 0.3) is 0 Å². The molecule has 0 radical (unpaired) electrons. The minimum Gasteiger partial charge on any atom is -0.465 e. The Hall–Kier alpha value is -0.800. The molecule has 0 aromatic heterocycles. The van der Waals surface area contributed by atoms with E-state index in [1.165, 1.54) is 13.2 Å². The van der Waals surface area contributed by atoms with Gasteiger partial charge in [0.2, 0.25) is 0 Å². The van der Waals surface area contributed by atoms with E-state index in [1.807, 2.05) is 28.7 Å². The molecule has 0 aliphatic carbocycles. The highest BCUT2D eigenvalue weighted by Crippen LogP contribution is 2.25. The summed E-state index contributed by atoms with van der Waals surface area (Å²) in [6, 6.07) is 5.07. The van der Waals surface area contributed by atoms with Crippen molar-refractivity contribution < 1.29 is 9.53 Å². The molecule has 0 spiro atoms. The minimum atomic E-state index is -0.556. The van der Waals surface area contributed by atoms with Crippen molar-refractivity contribution in [1.82, 2.24) is 0 Å². The molecule has 0 heterocycles. The summed E-state index contributed by atoms with van der Waals surface area (Å²) in [7, 11) is 1.26. The number of benzene rings is 1. The number of esters is 1. The van der Waals surface area contributed by atoms with Gasteiger partial charge in [-0.1, -0.05) is 11.6 Å². The van der Waals surface area contributed by atoms with E-state index in [0.29, 0.717) is 0 Å². The van der Waals surface area contributed by atoms with Gasteiger partial charge in [0.15, 0.2) is 0 Å². The van der Waals surface area contributed by atoms with E-state index in [0.717, 1.165) is 3.57 Å². The molecule has 0 aliphatic heterocycles. The number of ether oxygens (including phenoxy) is 1. The lowest BCUT2D eigenvalue weighted by molar-refractivity contribution is 0.0600. The maximum atomic E-state index is 11.2. The Morgan fingerprint density at radius 1 is 1.64 bits per heavy atom. The van der Waals surface area contributed by atoms with Gasteiger partial charge >= 0.3 is 5.97 Å². The first-order valence-corrected chi connectivity index (χ1v) is 5.04. The van der Waals surface area contributed by atoms with Crippen LogP contribution in [0.3, 0.4) is 0 Å². The average Bonchev–Trinajstić information content (AvgIpc) is 2.20. The second-order valence-corrected chi connectivity index (χ2v) is 3.93. The molecule has 1 rings (SSSR count). The van der Waals surface area contributed by atoms with Crippen molar-refractivity contribution in [2.24, 2.45) is 0 Å². The van der Waals surface area contributed by atoms with Crippen LogP contribution in [0.1, 0.15) is 15.9 Å². The maximum Gasteiger partial charge on any atom is 0.339 e. The first kappa shape index (κ1) is 11.3. The summed E-state index contributed by atoms with van der Waals surface area (Å²) in [5.41, 5.74) is 0.353. The van der Waals surface area contributed by atoms with E-state index in [2.05, 4.69) is 4.74 Å². The molecule has 0 saturated carbocycles. The number of carbonyl (C=O) groups excluding carboxylic acids is 1. The predicted octanol–water partition coefficient (Wildman–Crippen LogP) is 2.60. The van der Waals surface area contributed by atoms with Gasteiger partial charge in [0.05, 0.1) is 23.3 Å². The summed E-state index contributed by atoms with van der Waals surface area (Å²) in [6.07, 6.45) is 0. The fourth-order valence-electron chi connectivity index (χ4n) is 0.940. The number of nitrogens with zero attached hydrogens (tertiary/aromatic N) is 1. The van der Waals surface area contributed by atoms with Gasteiger partial charge in [-0.15, -0.1) is 0 Å². The number of hydrogen-bond donors (Lipinski definition) is 0. The molecule has 1 aromatic rings. The molecule has 0 saturated heterocycles. The SMILES string of the molecule is COC(=O)c1ccc(I)c(Cl)c1C#N. The van der Waals surface area contributed by atoms with Gasteiger partial charge in [0.1, 0.15) is 6.07 Å². The van der Waals surface area contributed by atoms with Crippen molar-refractivity contribution >= 4 is 40.2 Å². The molecule has 14 heavy (non-hydrogen) atoms. The summed E-state index contributed by atoms with van der Waals surface area (Å²) in [5, 5.41) is 9.11. The maximum absolute atomic E-state index is 11.2. The van der Waals surface area contributed by atoms with Crippen LogP contribution >= 0.6 is 34.2 Å². The van der Waals surface area contributed by atoms with E-state index in [4.69, 9.17) is 16.9 Å². The minimum absolute atomic E-state index is 0.158. The quantitative estimate of drug-likeness (QED) is 0.590. The lowest BCUT2D eigenvalue weighted by Gasteiger charge is -2.04. The molecule has 72 valence electrons. The topological polar surface area (TPSA) is 50.1 Å². The summed E-state index contributed by atoms with van der Waals surface area (Å²) in [6.45, 7) is 0. The van der Waals surface area contributed by atoms with Crippen LogP contribution in [0, 0.1) is 14.9 Å². The third-order valence-corrected chi connectivity index (χ3v) is 3.22. The van der Waals surface area contributed by atoms with Crippen molar-refractivity contribution in [3.8, 4) is 6.07 Å². The van der Waals surface area contributed by atoms with Crippen molar-refractivity contribution in [1.29, 1.82) is 5.26 Å². The zero-order chi connectivity index (χ0) is 10.7. The molecule has 1 aromatic carbocycles. The monoisotopic (exact) mass is 321 g/mol. The summed E-state index contributed by atoms with van der Waals surface area (Å²) >= 11 is 7.85. The van der Waals surface area contributed by atoms with Crippen molar-refractivity contribution in [3.05, 3.63) is 31.9 Å². The van der Waals surface area contributed by atoms with Crippen molar-refractivity contribution in [2.45, 2.75) is 0 Å². The van der Waals surface area contributed by atoms with Gasteiger partial charge in [0, 0.05) is 3.57 Å². The standard InChI is InChI=1S/C9H5ClINO2/c1-14-9(13)5-2-3-7(11)8(10)6(5)4-12/h2-3H,1H3. The Morgan fingerprint density at radius 3 is 2.79 bits per heavy atom. The van der Waals surface area contributed by atoms with E-state index in [-0.39, 0.29) is 16.1 Å². The van der Waals surface area contributed by atoms with E-state index < -0.39 is 5.97 Å². The van der Waals surface area contributed by atoms with Gasteiger partial charge < -0.3 is 4.74 Å². The molecule has 0 unspecified atom stereocenters. The summed E-state index contributed by atoms with van der Waals surface area (Å²) in [4.78, 5) is 11.2. The molecule has 0 N–H and O–H groups in total. The van der Waals surface area contributed by atoms with Gasteiger partial charge in [-0.2, -0.15) is 5.26 Å². The van der Waals surface area contributed by atoms with Crippen molar-refractivity contribution in [2.75, 3.05) is 7.11 Å². The van der Waals surface area contributed by atoms with Crippen molar-refractivity contribution in [3.63, 3.8) is 0 Å². The Morgan fingerprint density at radius 2 is 2.29 bits per heavy atom. The van der Waals surface area contributed by atoms with Gasteiger partial charge in [-0.05, 0) is 34.7 Å². The fourth-order valence-corrected chi connectivity index (χ4v) is 1.60. The lowest BCUT2D eigenvalue weighted by atomic mass is 10.1. The first-order valence-electron chi connectivity index (χ1n) is 3.58. The number of rotatable bonds is 1. The average molecular weight is 322 g/mol. The van der Waals surface area contributed by atoms with Crippen LogP contribution in [-0.2, 0) is 4.74 Å². The Bertz CT molecular complexity index is 426. The molecule has 5 heteroatoms. The summed E-state index contributed by atoms with van der Waals surface area (Å²) < 4.78 is 5.25. The second kappa shape index (κ2) is 4.62. The van der Waals surface area contributed by atoms with Crippen LogP contribution < -0.4 is 0 Å². The third-order valence-electron chi connectivity index (χ3n) is 1.61. The lowest BCUT2D eigenvalue weighted by Crippen LogP contribution is -2.05. The Kier molecular flexibility index (Phi) is 3.72. The van der Waals surface area contributed by atoms with Crippen LogP contribution in [0.4, 0.5) is 0 Å². The van der Waals surface area contributed by atoms with Crippen LogP contribution in [0.2, 0.25) is 5.02 Å². The zero-order valence-corrected chi connectivity index (χ0v) is 10.1. The van der Waals surface area contributed by atoms with E-state index >= 15 is 0 Å². The first-order chi connectivity index (χ1) is 6.61. The molecule has 0 fully saturated rings. The van der Waals surface area contributed by atoms with Crippen LogP contribution in [0.15, 0.2) is 12.1 Å². The van der Waals surface area contributed by atoms with E-state index in [9.17, 15) is 4.79 Å². The molecule has 0 bridgehead atoms. The number of nitriles is 1. The van der Waals surface area contributed by atoms with Crippen LogP contribution in [0.25, 0.3) is 0 Å². The molecular weight excluding hydrogens is 316 g/mol. The van der Waals surface area contributed by atoms with Crippen LogP contribution in [0.5, 0.6) is 0 Å².